The first-order valence-corrected chi connectivity index (χ1v) is 11.3. The molecule has 0 amide bonds. The molecule has 0 saturated carbocycles. The summed E-state index contributed by atoms with van der Waals surface area (Å²) in [5, 5.41) is 0.449. The highest BCUT2D eigenvalue weighted by Crippen LogP contribution is 2.39. The maximum atomic E-state index is 13.3. The fourth-order valence-corrected chi connectivity index (χ4v) is 4.44. The van der Waals surface area contributed by atoms with Gasteiger partial charge in [-0.1, -0.05) is 25.2 Å². The van der Waals surface area contributed by atoms with Crippen molar-refractivity contribution in [2.45, 2.75) is 20.4 Å². The van der Waals surface area contributed by atoms with E-state index in [0.717, 1.165) is 33.9 Å². The average molecular weight is 461 g/mol. The van der Waals surface area contributed by atoms with Crippen molar-refractivity contribution in [2.24, 2.45) is 5.92 Å². The Morgan fingerprint density at radius 1 is 1.00 bits per heavy atom. The molecule has 0 saturated heterocycles. The molecule has 5 aromatic rings. The fourth-order valence-electron chi connectivity index (χ4n) is 3.58. The molecule has 166 valence electrons. The van der Waals surface area contributed by atoms with Crippen molar-refractivity contribution in [1.82, 2.24) is 24.5 Å². The van der Waals surface area contributed by atoms with Crippen LogP contribution in [0.4, 0.5) is 9.52 Å². The van der Waals surface area contributed by atoms with Crippen molar-refractivity contribution in [3.8, 4) is 33.3 Å². The number of imidazole rings is 1. The molecule has 0 atom stereocenters. The summed E-state index contributed by atoms with van der Waals surface area (Å²) in [5.41, 5.74) is 9.81. The predicted octanol–water partition coefficient (Wildman–Crippen LogP) is 5.79. The number of hydrogen-bond donors (Lipinski definition) is 1. The van der Waals surface area contributed by atoms with Crippen LogP contribution in [0.2, 0.25) is 0 Å². The molecule has 0 fully saturated rings. The molecule has 3 aromatic heterocycles. The van der Waals surface area contributed by atoms with Crippen LogP contribution >= 0.6 is 11.3 Å². The number of nitrogens with zero attached hydrogens (tertiary/aromatic N) is 5. The van der Waals surface area contributed by atoms with Gasteiger partial charge < -0.3 is 15.0 Å². The third-order valence-electron chi connectivity index (χ3n) is 5.02. The van der Waals surface area contributed by atoms with E-state index in [1.54, 1.807) is 18.5 Å². The monoisotopic (exact) mass is 460 g/mol. The first-order valence-electron chi connectivity index (χ1n) is 10.4. The van der Waals surface area contributed by atoms with E-state index >= 15 is 0 Å². The highest BCUT2D eigenvalue weighted by atomic mass is 32.1. The van der Waals surface area contributed by atoms with Crippen molar-refractivity contribution in [3.05, 3.63) is 67.0 Å². The lowest BCUT2D eigenvalue weighted by molar-refractivity contribution is 0.467. The van der Waals surface area contributed by atoms with Crippen LogP contribution in [0.15, 0.2) is 61.2 Å². The molecule has 0 radical (unpaired) electrons. The van der Waals surface area contributed by atoms with E-state index in [0.29, 0.717) is 28.2 Å². The Bertz CT molecular complexity index is 1410. The fraction of sp³-hybridized carbons (Fsp3) is 0.167. The minimum absolute atomic E-state index is 0.294. The highest BCUT2D eigenvalue weighted by Gasteiger charge is 2.16. The Hall–Kier alpha value is -3.85. The number of anilines is 1. The molecule has 2 aromatic carbocycles. The molecule has 5 rings (SSSR count). The number of fused-ring (bicyclic) bond motifs is 1. The predicted molar refractivity (Wildman–Crippen MR) is 128 cm³/mol. The van der Waals surface area contributed by atoms with Crippen LogP contribution in [0.3, 0.4) is 0 Å². The second-order valence-corrected chi connectivity index (χ2v) is 9.04. The van der Waals surface area contributed by atoms with Gasteiger partial charge >= 0.3 is 0 Å². The zero-order chi connectivity index (χ0) is 22.9. The Balaban J connectivity index is 1.43. The van der Waals surface area contributed by atoms with E-state index in [9.17, 15) is 4.39 Å². The van der Waals surface area contributed by atoms with E-state index in [1.807, 2.05) is 28.8 Å². The summed E-state index contributed by atoms with van der Waals surface area (Å²) >= 11 is 1.38. The van der Waals surface area contributed by atoms with Crippen molar-refractivity contribution in [3.63, 3.8) is 0 Å². The number of benzene rings is 2. The van der Waals surface area contributed by atoms with Crippen LogP contribution in [0.5, 0.6) is 11.6 Å². The summed E-state index contributed by atoms with van der Waals surface area (Å²) < 4.78 is 21.4. The van der Waals surface area contributed by atoms with Gasteiger partial charge in [0.05, 0.1) is 16.9 Å². The number of hydrogen-bond acceptors (Lipinski definition) is 7. The van der Waals surface area contributed by atoms with Crippen LogP contribution in [-0.2, 0) is 6.54 Å². The minimum atomic E-state index is -0.294. The lowest BCUT2D eigenvalue weighted by atomic mass is 10.1. The van der Waals surface area contributed by atoms with Gasteiger partial charge in [-0.15, -0.1) is 0 Å². The third-order valence-corrected chi connectivity index (χ3v) is 5.96. The van der Waals surface area contributed by atoms with Gasteiger partial charge in [-0.3, -0.25) is 0 Å². The lowest BCUT2D eigenvalue weighted by Crippen LogP contribution is -2.03. The maximum Gasteiger partial charge on any atom is 0.250 e. The molecule has 33 heavy (non-hydrogen) atoms. The van der Waals surface area contributed by atoms with E-state index in [4.69, 9.17) is 10.5 Å². The van der Waals surface area contributed by atoms with Crippen LogP contribution < -0.4 is 10.5 Å². The summed E-state index contributed by atoms with van der Waals surface area (Å²) in [7, 11) is 0. The largest absolute Gasteiger partial charge is 0.437 e. The molecule has 3 heterocycles. The standard InChI is InChI=1S/C24H21FN6OS/c1-14(2)11-31-13-29-20-22(31)27-12-28-23(20)32-18-9-5-16(6-10-18)21-19(30-24(26)33-21)15-3-7-17(25)8-4-15/h3-10,12-14H,11H2,1-2H3,(H2,26,30). The van der Waals surface area contributed by atoms with Gasteiger partial charge in [0.15, 0.2) is 16.3 Å². The van der Waals surface area contributed by atoms with Crippen molar-refractivity contribution in [2.75, 3.05) is 5.73 Å². The third kappa shape index (κ3) is 4.27. The molecule has 0 bridgehead atoms. The van der Waals surface area contributed by atoms with Crippen molar-refractivity contribution < 1.29 is 9.13 Å². The van der Waals surface area contributed by atoms with Gasteiger partial charge in [-0.25, -0.2) is 19.3 Å². The first-order chi connectivity index (χ1) is 16.0. The Morgan fingerprint density at radius 2 is 1.73 bits per heavy atom. The highest BCUT2D eigenvalue weighted by molar-refractivity contribution is 7.19. The summed E-state index contributed by atoms with van der Waals surface area (Å²) in [6.45, 7) is 5.10. The van der Waals surface area contributed by atoms with E-state index in [2.05, 4.69) is 33.8 Å². The molecule has 0 spiro atoms. The number of nitrogen functional groups attached to an aromatic ring is 1. The van der Waals surface area contributed by atoms with Crippen LogP contribution in [0.25, 0.3) is 32.9 Å². The number of rotatable bonds is 6. The molecular weight excluding hydrogens is 439 g/mol. The van der Waals surface area contributed by atoms with Crippen LogP contribution in [0, 0.1) is 11.7 Å². The van der Waals surface area contributed by atoms with Gasteiger partial charge in [0.1, 0.15) is 17.9 Å². The first kappa shape index (κ1) is 21.0. The number of aromatic nitrogens is 5. The SMILES string of the molecule is CC(C)Cn1cnc2c(Oc3ccc(-c4sc(N)nc4-c4ccc(F)cc4)cc3)ncnc21. The zero-order valence-electron chi connectivity index (χ0n) is 18.1. The van der Waals surface area contributed by atoms with Crippen molar-refractivity contribution in [1.29, 1.82) is 0 Å². The van der Waals surface area contributed by atoms with Gasteiger partial charge in [0.2, 0.25) is 0 Å². The molecule has 0 aliphatic carbocycles. The Morgan fingerprint density at radius 3 is 2.45 bits per heavy atom. The van der Waals surface area contributed by atoms with E-state index < -0.39 is 0 Å². The second kappa shape index (κ2) is 8.59. The summed E-state index contributed by atoms with van der Waals surface area (Å²) in [6, 6.07) is 13.8. The topological polar surface area (TPSA) is 91.7 Å². The number of thiazole rings is 1. The summed E-state index contributed by atoms with van der Waals surface area (Å²) in [6.07, 6.45) is 3.25. The Labute approximate surface area is 193 Å². The lowest BCUT2D eigenvalue weighted by Gasteiger charge is -2.08. The normalized spacial score (nSPS) is 11.4. The van der Waals surface area contributed by atoms with Crippen molar-refractivity contribution >= 4 is 27.6 Å². The summed E-state index contributed by atoms with van der Waals surface area (Å²) in [5.74, 6) is 1.20. The molecular formula is C24H21FN6OS. The smallest absolute Gasteiger partial charge is 0.250 e. The number of halogens is 1. The number of nitrogens with two attached hydrogens (primary N) is 1. The number of ether oxygens (including phenoxy) is 1. The van der Waals surface area contributed by atoms with Gasteiger partial charge in [0, 0.05) is 12.1 Å². The quantitative estimate of drug-likeness (QED) is 0.345. The molecule has 0 aliphatic rings. The van der Waals surface area contributed by atoms with Gasteiger partial charge in [-0.05, 0) is 60.0 Å². The second-order valence-electron chi connectivity index (χ2n) is 8.00. The van der Waals surface area contributed by atoms with Gasteiger partial charge in [-0.2, -0.15) is 4.98 Å². The van der Waals surface area contributed by atoms with Crippen LogP contribution in [-0.4, -0.2) is 24.5 Å². The molecule has 2 N–H and O–H groups in total. The average Bonchev–Trinajstić information content (AvgIpc) is 3.39. The minimum Gasteiger partial charge on any atom is -0.437 e. The zero-order valence-corrected chi connectivity index (χ0v) is 18.9. The van der Waals surface area contributed by atoms with Gasteiger partial charge in [0.25, 0.3) is 5.88 Å². The van der Waals surface area contributed by atoms with E-state index in [-0.39, 0.29) is 5.82 Å². The Kier molecular flexibility index (Phi) is 5.47. The molecule has 7 nitrogen and oxygen atoms in total. The van der Waals surface area contributed by atoms with E-state index in [1.165, 1.54) is 29.8 Å². The van der Waals surface area contributed by atoms with Crippen LogP contribution in [0.1, 0.15) is 13.8 Å². The molecule has 0 aliphatic heterocycles. The molecule has 9 heteroatoms. The summed E-state index contributed by atoms with van der Waals surface area (Å²) in [4.78, 5) is 18.4. The molecule has 0 unspecified atom stereocenters. The maximum absolute atomic E-state index is 13.3.